The second-order valence-corrected chi connectivity index (χ2v) is 7.30. The first-order valence-electron chi connectivity index (χ1n) is 8.35. The summed E-state index contributed by atoms with van der Waals surface area (Å²) in [5, 5.41) is 13.7. The van der Waals surface area contributed by atoms with Crippen LogP contribution in [0.4, 0.5) is 5.69 Å². The molecule has 0 radical (unpaired) electrons. The molecule has 0 aromatic heterocycles. The van der Waals surface area contributed by atoms with Gasteiger partial charge in [-0.25, -0.2) is 4.79 Å². The molecule has 0 spiro atoms. The summed E-state index contributed by atoms with van der Waals surface area (Å²) in [7, 11) is 0. The molecule has 3 aromatic rings. The summed E-state index contributed by atoms with van der Waals surface area (Å²) in [6.07, 6.45) is 0. The van der Waals surface area contributed by atoms with E-state index < -0.39 is 5.97 Å². The molecule has 0 aliphatic rings. The number of halogens is 3. The fourth-order valence-electron chi connectivity index (χ4n) is 2.61. The van der Waals surface area contributed by atoms with E-state index in [-0.39, 0.29) is 10.6 Å². The lowest BCUT2D eigenvalue weighted by molar-refractivity contribution is 0.0697. The SMILES string of the molecule is O=C(O)c1ccc(NCc2cc(Cl)ccc2OCc2cccc(Cl)c2)cc1Cl. The molecule has 0 heterocycles. The molecule has 2 N–H and O–H groups in total. The number of anilines is 1. The first-order chi connectivity index (χ1) is 13.4. The lowest BCUT2D eigenvalue weighted by atomic mass is 10.1. The normalized spacial score (nSPS) is 10.5. The number of hydrogen-bond donors (Lipinski definition) is 2. The molecule has 4 nitrogen and oxygen atoms in total. The van der Waals surface area contributed by atoms with Crippen LogP contribution >= 0.6 is 34.8 Å². The zero-order valence-electron chi connectivity index (χ0n) is 14.6. The van der Waals surface area contributed by atoms with E-state index in [1.807, 2.05) is 36.4 Å². The first kappa shape index (κ1) is 20.3. The average molecular weight is 437 g/mol. The van der Waals surface area contributed by atoms with E-state index in [2.05, 4.69) is 5.32 Å². The Hall–Kier alpha value is -2.40. The number of benzene rings is 3. The Morgan fingerprint density at radius 3 is 2.46 bits per heavy atom. The van der Waals surface area contributed by atoms with Crippen LogP contribution < -0.4 is 10.1 Å². The van der Waals surface area contributed by atoms with Crippen LogP contribution in [0.1, 0.15) is 21.5 Å². The number of aromatic carboxylic acids is 1. The molecule has 0 atom stereocenters. The van der Waals surface area contributed by atoms with Gasteiger partial charge in [-0.05, 0) is 54.1 Å². The molecule has 7 heteroatoms. The van der Waals surface area contributed by atoms with Gasteiger partial charge in [0.25, 0.3) is 0 Å². The van der Waals surface area contributed by atoms with E-state index in [9.17, 15) is 4.79 Å². The summed E-state index contributed by atoms with van der Waals surface area (Å²) >= 11 is 18.2. The van der Waals surface area contributed by atoms with Gasteiger partial charge in [-0.1, -0.05) is 46.9 Å². The maximum atomic E-state index is 11.1. The number of hydrogen-bond acceptors (Lipinski definition) is 3. The second kappa shape index (κ2) is 9.20. The first-order valence-corrected chi connectivity index (χ1v) is 9.48. The summed E-state index contributed by atoms with van der Waals surface area (Å²) in [4.78, 5) is 11.1. The van der Waals surface area contributed by atoms with Gasteiger partial charge in [0.2, 0.25) is 0 Å². The van der Waals surface area contributed by atoms with Crippen molar-refractivity contribution in [1.82, 2.24) is 0 Å². The van der Waals surface area contributed by atoms with E-state index in [0.717, 1.165) is 11.1 Å². The summed E-state index contributed by atoms with van der Waals surface area (Å²) in [6.45, 7) is 0.794. The number of carboxylic acid groups (broad SMARTS) is 1. The van der Waals surface area contributed by atoms with E-state index in [1.54, 1.807) is 18.2 Å². The molecule has 0 amide bonds. The van der Waals surface area contributed by atoms with Crippen molar-refractivity contribution in [2.75, 3.05) is 5.32 Å². The van der Waals surface area contributed by atoms with Gasteiger partial charge in [0.05, 0.1) is 10.6 Å². The van der Waals surface area contributed by atoms with Crippen LogP contribution in [0, 0.1) is 0 Å². The maximum absolute atomic E-state index is 11.1. The lowest BCUT2D eigenvalue weighted by Crippen LogP contribution is -2.05. The van der Waals surface area contributed by atoms with Crippen LogP contribution in [0.5, 0.6) is 5.75 Å². The summed E-state index contributed by atoms with van der Waals surface area (Å²) in [6, 6.07) is 17.5. The quantitative estimate of drug-likeness (QED) is 0.442. The highest BCUT2D eigenvalue weighted by atomic mass is 35.5. The van der Waals surface area contributed by atoms with E-state index in [0.29, 0.717) is 34.6 Å². The van der Waals surface area contributed by atoms with Crippen molar-refractivity contribution < 1.29 is 14.6 Å². The third kappa shape index (κ3) is 5.32. The number of carboxylic acids is 1. The van der Waals surface area contributed by atoms with Crippen LogP contribution in [0.3, 0.4) is 0 Å². The summed E-state index contributed by atoms with van der Waals surface area (Å²) < 4.78 is 5.93. The Morgan fingerprint density at radius 2 is 1.75 bits per heavy atom. The smallest absolute Gasteiger partial charge is 0.337 e. The monoisotopic (exact) mass is 435 g/mol. The van der Waals surface area contributed by atoms with Crippen molar-refractivity contribution in [1.29, 1.82) is 0 Å². The van der Waals surface area contributed by atoms with Crippen molar-refractivity contribution in [2.45, 2.75) is 13.2 Å². The standard InChI is InChI=1S/C21H16Cl3NO3/c22-15-3-1-2-13(8-15)12-28-20-7-4-16(23)9-14(20)11-25-17-5-6-18(21(26)27)19(24)10-17/h1-10,25H,11-12H2,(H,26,27). The van der Waals surface area contributed by atoms with E-state index in [1.165, 1.54) is 6.07 Å². The minimum absolute atomic E-state index is 0.0560. The van der Waals surface area contributed by atoms with Gasteiger partial charge in [0, 0.05) is 27.8 Å². The second-order valence-electron chi connectivity index (χ2n) is 6.02. The van der Waals surface area contributed by atoms with Crippen molar-refractivity contribution in [3.63, 3.8) is 0 Å². The molecule has 0 saturated heterocycles. The minimum Gasteiger partial charge on any atom is -0.489 e. The highest BCUT2D eigenvalue weighted by molar-refractivity contribution is 6.33. The van der Waals surface area contributed by atoms with Gasteiger partial charge in [0.1, 0.15) is 12.4 Å². The summed E-state index contributed by atoms with van der Waals surface area (Å²) in [5.41, 5.74) is 2.56. The van der Waals surface area contributed by atoms with Gasteiger partial charge in [0.15, 0.2) is 0 Å². The molecule has 0 saturated carbocycles. The van der Waals surface area contributed by atoms with Crippen molar-refractivity contribution >= 4 is 46.5 Å². The average Bonchev–Trinajstić information content (AvgIpc) is 2.65. The Kier molecular flexibility index (Phi) is 6.68. The van der Waals surface area contributed by atoms with E-state index >= 15 is 0 Å². The summed E-state index contributed by atoms with van der Waals surface area (Å²) in [5.74, 6) is -0.381. The Bertz CT molecular complexity index is 1010. The molecule has 28 heavy (non-hydrogen) atoms. The predicted octanol–water partition coefficient (Wildman–Crippen LogP) is 6.54. The largest absolute Gasteiger partial charge is 0.489 e. The molecule has 0 aliphatic heterocycles. The van der Waals surface area contributed by atoms with Gasteiger partial charge < -0.3 is 15.2 Å². The van der Waals surface area contributed by atoms with Crippen molar-refractivity contribution in [3.05, 3.63) is 92.4 Å². The molecule has 0 unspecified atom stereocenters. The third-order valence-electron chi connectivity index (χ3n) is 3.99. The van der Waals surface area contributed by atoms with Gasteiger partial charge in [-0.15, -0.1) is 0 Å². The fraction of sp³-hybridized carbons (Fsp3) is 0.0952. The maximum Gasteiger partial charge on any atom is 0.337 e. The zero-order valence-corrected chi connectivity index (χ0v) is 16.9. The van der Waals surface area contributed by atoms with Gasteiger partial charge >= 0.3 is 5.97 Å². The highest BCUT2D eigenvalue weighted by Gasteiger charge is 2.10. The predicted molar refractivity (Wildman–Crippen MR) is 113 cm³/mol. The number of carbonyl (C=O) groups is 1. The topological polar surface area (TPSA) is 58.6 Å². The Morgan fingerprint density at radius 1 is 0.964 bits per heavy atom. The van der Waals surface area contributed by atoms with Crippen LogP contribution in [-0.2, 0) is 13.2 Å². The van der Waals surface area contributed by atoms with Crippen LogP contribution in [0.15, 0.2) is 60.7 Å². The fourth-order valence-corrected chi connectivity index (χ4v) is 3.28. The molecular formula is C21H16Cl3NO3. The Balaban J connectivity index is 1.72. The zero-order chi connectivity index (χ0) is 20.1. The molecule has 0 bridgehead atoms. The number of ether oxygens (including phenoxy) is 1. The van der Waals surface area contributed by atoms with Crippen LogP contribution in [-0.4, -0.2) is 11.1 Å². The lowest BCUT2D eigenvalue weighted by Gasteiger charge is -2.14. The minimum atomic E-state index is -1.07. The van der Waals surface area contributed by atoms with Crippen LogP contribution in [0.25, 0.3) is 0 Å². The van der Waals surface area contributed by atoms with Gasteiger partial charge in [-0.3, -0.25) is 0 Å². The van der Waals surface area contributed by atoms with Gasteiger partial charge in [-0.2, -0.15) is 0 Å². The molecule has 144 valence electrons. The van der Waals surface area contributed by atoms with Crippen molar-refractivity contribution in [3.8, 4) is 5.75 Å². The number of nitrogens with one attached hydrogen (secondary N) is 1. The molecule has 3 aromatic carbocycles. The molecule has 0 fully saturated rings. The molecule has 3 rings (SSSR count). The molecular weight excluding hydrogens is 421 g/mol. The van der Waals surface area contributed by atoms with Crippen molar-refractivity contribution in [2.24, 2.45) is 0 Å². The third-order valence-corrected chi connectivity index (χ3v) is 4.77. The Labute approximate surface area is 177 Å². The van der Waals surface area contributed by atoms with E-state index in [4.69, 9.17) is 44.6 Å². The number of rotatable bonds is 7. The van der Waals surface area contributed by atoms with Crippen LogP contribution in [0.2, 0.25) is 15.1 Å². The highest BCUT2D eigenvalue weighted by Crippen LogP contribution is 2.27. The molecule has 0 aliphatic carbocycles.